The highest BCUT2D eigenvalue weighted by Crippen LogP contribution is 2.48. The minimum atomic E-state index is 0.304. The third-order valence-electron chi connectivity index (χ3n) is 6.97. The van der Waals surface area contributed by atoms with E-state index in [0.717, 1.165) is 37.3 Å². The minimum Gasteiger partial charge on any atom is -0.355 e. The van der Waals surface area contributed by atoms with Crippen LogP contribution >= 0.6 is 23.2 Å². The van der Waals surface area contributed by atoms with Crippen LogP contribution in [0.2, 0.25) is 10.0 Å². The van der Waals surface area contributed by atoms with Crippen molar-refractivity contribution in [2.24, 2.45) is 17.1 Å². The van der Waals surface area contributed by atoms with Gasteiger partial charge in [0.25, 0.3) is 0 Å². The van der Waals surface area contributed by atoms with Gasteiger partial charge in [-0.3, -0.25) is 5.10 Å². The molecule has 3 heterocycles. The van der Waals surface area contributed by atoms with E-state index in [1.165, 1.54) is 12.8 Å². The van der Waals surface area contributed by atoms with Crippen LogP contribution in [0.5, 0.6) is 0 Å². The maximum atomic E-state index is 6.55. The van der Waals surface area contributed by atoms with Crippen LogP contribution in [0.1, 0.15) is 32.6 Å². The zero-order valence-electron chi connectivity index (χ0n) is 16.3. The van der Waals surface area contributed by atoms with E-state index in [2.05, 4.69) is 27.0 Å². The van der Waals surface area contributed by atoms with Crippen LogP contribution < -0.4 is 10.6 Å². The molecule has 1 aromatic carbocycles. The smallest absolute Gasteiger partial charge is 0.177 e. The second-order valence-corrected chi connectivity index (χ2v) is 9.28. The number of halogens is 2. The summed E-state index contributed by atoms with van der Waals surface area (Å²) < 4.78 is 0. The van der Waals surface area contributed by atoms with Crippen LogP contribution in [-0.4, -0.2) is 39.3 Å². The monoisotopic (exact) mass is 430 g/mol. The van der Waals surface area contributed by atoms with Crippen molar-refractivity contribution < 1.29 is 0 Å². The fourth-order valence-corrected chi connectivity index (χ4v) is 5.44. The molecular formula is C21H24Cl2N6. The summed E-state index contributed by atoms with van der Waals surface area (Å²) in [5, 5.41) is 8.37. The summed E-state index contributed by atoms with van der Waals surface area (Å²) in [5.74, 6) is 1.50. The fourth-order valence-electron chi connectivity index (χ4n) is 5.05. The first kappa shape index (κ1) is 19.1. The molecular weight excluding hydrogens is 407 g/mol. The van der Waals surface area contributed by atoms with Crippen molar-refractivity contribution in [3.05, 3.63) is 34.4 Å². The molecule has 3 aromatic rings. The number of nitrogens with zero attached hydrogens (tertiary/aromatic N) is 4. The zero-order valence-corrected chi connectivity index (χ0v) is 17.8. The molecule has 1 saturated carbocycles. The Morgan fingerprint density at radius 2 is 2.00 bits per heavy atom. The minimum absolute atomic E-state index is 0.304. The van der Waals surface area contributed by atoms with E-state index in [-0.39, 0.29) is 0 Å². The first-order chi connectivity index (χ1) is 14.0. The van der Waals surface area contributed by atoms with Crippen molar-refractivity contribution in [3.8, 4) is 11.3 Å². The molecule has 3 N–H and O–H groups in total. The highest BCUT2D eigenvalue weighted by molar-refractivity contribution is 6.43. The third kappa shape index (κ3) is 3.09. The molecule has 1 aliphatic carbocycles. The van der Waals surface area contributed by atoms with Gasteiger partial charge in [-0.05, 0) is 43.1 Å². The number of hydrogen-bond acceptors (Lipinski definition) is 5. The number of anilines is 1. The average molecular weight is 431 g/mol. The molecule has 1 saturated heterocycles. The standard InChI is InChI=1S/C21H24Cl2N6/c1-12-5-6-21(19(12)24)7-9-29(10-8-21)15-11-25-18-17(27-28-20(18)26-15)13-3-2-4-14(22)16(13)23/h2-4,11-12,19H,5-10,24H2,1H3,(H,26,27,28). The summed E-state index contributed by atoms with van der Waals surface area (Å²) in [6.45, 7) is 4.20. The summed E-state index contributed by atoms with van der Waals surface area (Å²) in [4.78, 5) is 11.7. The Kier molecular flexibility index (Phi) is 4.68. The number of hydrogen-bond donors (Lipinski definition) is 2. The summed E-state index contributed by atoms with van der Waals surface area (Å²) in [7, 11) is 0. The first-order valence-electron chi connectivity index (χ1n) is 10.1. The quantitative estimate of drug-likeness (QED) is 0.616. The molecule has 2 atom stereocenters. The second-order valence-electron chi connectivity index (χ2n) is 8.49. The van der Waals surface area contributed by atoms with Gasteiger partial charge < -0.3 is 10.6 Å². The SMILES string of the molecule is CC1CCC2(CCN(c3cnc4c(-c5cccc(Cl)c5Cl)n[nH]c4n3)CC2)C1N. The lowest BCUT2D eigenvalue weighted by molar-refractivity contribution is 0.186. The van der Waals surface area contributed by atoms with E-state index in [4.69, 9.17) is 33.9 Å². The summed E-state index contributed by atoms with van der Waals surface area (Å²) >= 11 is 12.5. The summed E-state index contributed by atoms with van der Waals surface area (Å²) in [5.41, 5.74) is 9.61. The Morgan fingerprint density at radius 1 is 1.21 bits per heavy atom. The fraction of sp³-hybridized carbons (Fsp3) is 0.476. The number of aromatic amines is 1. The number of aromatic nitrogens is 4. The van der Waals surface area contributed by atoms with E-state index in [1.807, 2.05) is 18.3 Å². The van der Waals surface area contributed by atoms with E-state index in [0.29, 0.717) is 44.3 Å². The highest BCUT2D eigenvalue weighted by Gasteiger charge is 2.46. The molecule has 0 radical (unpaired) electrons. The zero-order chi connectivity index (χ0) is 20.2. The molecule has 1 aliphatic heterocycles. The highest BCUT2D eigenvalue weighted by atomic mass is 35.5. The largest absolute Gasteiger partial charge is 0.355 e. The third-order valence-corrected chi connectivity index (χ3v) is 7.78. The van der Waals surface area contributed by atoms with Crippen molar-refractivity contribution >= 4 is 40.2 Å². The van der Waals surface area contributed by atoms with Crippen LogP contribution in [0.4, 0.5) is 5.82 Å². The predicted octanol–water partition coefficient (Wildman–Crippen LogP) is 4.67. The summed E-state index contributed by atoms with van der Waals surface area (Å²) in [6.07, 6.45) is 6.55. The Balaban J connectivity index is 1.40. The number of fused-ring (bicyclic) bond motifs is 1. The van der Waals surface area contributed by atoms with Crippen molar-refractivity contribution in [2.45, 2.75) is 38.6 Å². The van der Waals surface area contributed by atoms with Crippen LogP contribution in [0.25, 0.3) is 22.4 Å². The summed E-state index contributed by atoms with van der Waals surface area (Å²) in [6, 6.07) is 5.81. The number of benzene rings is 1. The molecule has 2 unspecified atom stereocenters. The van der Waals surface area contributed by atoms with E-state index in [9.17, 15) is 0 Å². The molecule has 2 aliphatic rings. The van der Waals surface area contributed by atoms with Crippen LogP contribution in [0, 0.1) is 11.3 Å². The van der Waals surface area contributed by atoms with Gasteiger partial charge in [-0.15, -0.1) is 0 Å². The second kappa shape index (κ2) is 7.11. The number of rotatable bonds is 2. The van der Waals surface area contributed by atoms with E-state index < -0.39 is 0 Å². The molecule has 152 valence electrons. The van der Waals surface area contributed by atoms with Crippen molar-refractivity contribution in [1.29, 1.82) is 0 Å². The Labute approximate surface area is 179 Å². The molecule has 6 nitrogen and oxygen atoms in total. The van der Waals surface area contributed by atoms with Gasteiger partial charge in [0.1, 0.15) is 17.0 Å². The van der Waals surface area contributed by atoms with Gasteiger partial charge in [0.05, 0.1) is 16.2 Å². The van der Waals surface area contributed by atoms with Crippen LogP contribution in [-0.2, 0) is 0 Å². The van der Waals surface area contributed by atoms with E-state index in [1.54, 1.807) is 6.07 Å². The van der Waals surface area contributed by atoms with Crippen LogP contribution in [0.15, 0.2) is 24.4 Å². The lowest BCUT2D eigenvalue weighted by atomic mass is 9.73. The molecule has 8 heteroatoms. The van der Waals surface area contributed by atoms with Crippen molar-refractivity contribution in [2.75, 3.05) is 18.0 Å². The number of nitrogens with one attached hydrogen (secondary N) is 1. The van der Waals surface area contributed by atoms with Gasteiger partial charge in [0.2, 0.25) is 0 Å². The maximum absolute atomic E-state index is 6.55. The molecule has 0 bridgehead atoms. The normalized spacial score (nSPS) is 23.9. The van der Waals surface area contributed by atoms with Crippen LogP contribution in [0.3, 0.4) is 0 Å². The molecule has 29 heavy (non-hydrogen) atoms. The Morgan fingerprint density at radius 3 is 2.72 bits per heavy atom. The number of nitrogens with two attached hydrogens (primary N) is 1. The van der Waals surface area contributed by atoms with Gasteiger partial charge in [-0.25, -0.2) is 9.97 Å². The molecule has 2 fully saturated rings. The molecule has 2 aromatic heterocycles. The maximum Gasteiger partial charge on any atom is 0.177 e. The van der Waals surface area contributed by atoms with Gasteiger partial charge in [-0.2, -0.15) is 5.10 Å². The predicted molar refractivity (Wildman–Crippen MR) is 117 cm³/mol. The topological polar surface area (TPSA) is 83.7 Å². The Bertz CT molecular complexity index is 1060. The Hall–Kier alpha value is -1.89. The van der Waals surface area contributed by atoms with Gasteiger partial charge in [-0.1, -0.05) is 42.3 Å². The lowest BCUT2D eigenvalue weighted by Gasteiger charge is -2.43. The van der Waals surface area contributed by atoms with Crippen molar-refractivity contribution in [3.63, 3.8) is 0 Å². The van der Waals surface area contributed by atoms with Gasteiger partial charge in [0, 0.05) is 24.7 Å². The molecule has 1 spiro atoms. The lowest BCUT2D eigenvalue weighted by Crippen LogP contribution is -2.48. The van der Waals surface area contributed by atoms with Gasteiger partial charge in [0.15, 0.2) is 5.65 Å². The number of piperidine rings is 1. The molecule has 0 amide bonds. The van der Waals surface area contributed by atoms with E-state index >= 15 is 0 Å². The van der Waals surface area contributed by atoms with Gasteiger partial charge >= 0.3 is 0 Å². The average Bonchev–Trinajstić information content (AvgIpc) is 3.27. The first-order valence-corrected chi connectivity index (χ1v) is 10.9. The number of H-pyrrole nitrogens is 1. The molecule has 5 rings (SSSR count). The van der Waals surface area contributed by atoms with Crippen molar-refractivity contribution in [1.82, 2.24) is 20.2 Å².